The van der Waals surface area contributed by atoms with E-state index in [-0.39, 0.29) is 0 Å². The molecule has 1 aromatic carbocycles. The average Bonchev–Trinajstić information content (AvgIpc) is 3.09. The normalized spacial score (nSPS) is 15.4. The van der Waals surface area contributed by atoms with Gasteiger partial charge in [-0.2, -0.15) is 5.26 Å². The minimum atomic E-state index is 0.715. The minimum Gasteiger partial charge on any atom is -0.311 e. The lowest BCUT2D eigenvalue weighted by atomic mass is 10.1. The molecule has 0 atom stereocenters. The summed E-state index contributed by atoms with van der Waals surface area (Å²) in [4.78, 5) is 0. The quantitative estimate of drug-likeness (QED) is 0.806. The van der Waals surface area contributed by atoms with Crippen LogP contribution in [0.4, 0.5) is 0 Å². The van der Waals surface area contributed by atoms with E-state index >= 15 is 0 Å². The Bertz CT molecular complexity index is 397. The molecule has 1 aliphatic carbocycles. The minimum absolute atomic E-state index is 0.715. The Labute approximate surface area is 90.2 Å². The Hall–Kier alpha value is -1.59. The maximum Gasteiger partial charge on any atom is 0.0991 e. The molecule has 2 rings (SSSR count). The molecule has 0 amide bonds. The molecule has 0 saturated heterocycles. The van der Waals surface area contributed by atoms with Gasteiger partial charge < -0.3 is 5.32 Å². The summed E-state index contributed by atoms with van der Waals surface area (Å²) in [5, 5.41) is 12.1. The van der Waals surface area contributed by atoms with E-state index in [1.165, 1.54) is 12.8 Å². The van der Waals surface area contributed by atoms with Crippen LogP contribution in [0.2, 0.25) is 0 Å². The van der Waals surface area contributed by atoms with Gasteiger partial charge in [0.2, 0.25) is 0 Å². The zero-order valence-electron chi connectivity index (χ0n) is 8.61. The second-order valence-electron chi connectivity index (χ2n) is 3.82. The number of rotatable bonds is 4. The molecule has 0 spiro atoms. The summed E-state index contributed by atoms with van der Waals surface area (Å²) in [7, 11) is 0. The van der Waals surface area contributed by atoms with Crippen LogP contribution in [0.5, 0.6) is 0 Å². The summed E-state index contributed by atoms with van der Waals surface area (Å²) in [5.74, 6) is 0. The molecule has 0 aliphatic heterocycles. The van der Waals surface area contributed by atoms with E-state index in [1.807, 2.05) is 24.3 Å². The third-order valence-corrected chi connectivity index (χ3v) is 2.43. The molecule has 0 radical (unpaired) electrons. The first-order valence-electron chi connectivity index (χ1n) is 5.28. The Morgan fingerprint density at radius 1 is 1.47 bits per heavy atom. The first-order valence-corrected chi connectivity index (χ1v) is 5.28. The van der Waals surface area contributed by atoms with Gasteiger partial charge in [0.1, 0.15) is 0 Å². The first kappa shape index (κ1) is 9.95. The third-order valence-electron chi connectivity index (χ3n) is 2.43. The van der Waals surface area contributed by atoms with E-state index in [0.29, 0.717) is 5.56 Å². The molecule has 1 N–H and O–H groups in total. The molecule has 1 aliphatic rings. The lowest BCUT2D eigenvalue weighted by molar-refractivity contribution is 0.754. The Morgan fingerprint density at radius 2 is 2.33 bits per heavy atom. The Kier molecular flexibility index (Phi) is 3.16. The van der Waals surface area contributed by atoms with Gasteiger partial charge in [0.25, 0.3) is 0 Å². The fourth-order valence-electron chi connectivity index (χ4n) is 1.43. The van der Waals surface area contributed by atoms with Gasteiger partial charge in [-0.1, -0.05) is 24.3 Å². The molecule has 0 unspecified atom stereocenters. The molecule has 76 valence electrons. The van der Waals surface area contributed by atoms with Gasteiger partial charge in [0, 0.05) is 12.6 Å². The Balaban J connectivity index is 1.88. The number of benzene rings is 1. The second-order valence-corrected chi connectivity index (χ2v) is 3.82. The van der Waals surface area contributed by atoms with E-state index < -0.39 is 0 Å². The van der Waals surface area contributed by atoms with Crippen LogP contribution in [0, 0.1) is 11.3 Å². The summed E-state index contributed by atoms with van der Waals surface area (Å²) in [6, 6.07) is 10.5. The zero-order valence-corrected chi connectivity index (χ0v) is 8.61. The predicted molar refractivity (Wildman–Crippen MR) is 61.2 cm³/mol. The van der Waals surface area contributed by atoms with Crippen molar-refractivity contribution < 1.29 is 0 Å². The molecule has 1 aromatic rings. The van der Waals surface area contributed by atoms with Crippen molar-refractivity contribution >= 4 is 6.08 Å². The van der Waals surface area contributed by atoms with Crippen molar-refractivity contribution in [3.63, 3.8) is 0 Å². The molecule has 2 heteroatoms. The number of hydrogen-bond acceptors (Lipinski definition) is 2. The highest BCUT2D eigenvalue weighted by Crippen LogP contribution is 2.18. The fraction of sp³-hybridized carbons (Fsp3) is 0.308. The van der Waals surface area contributed by atoms with Gasteiger partial charge in [-0.05, 0) is 30.5 Å². The maximum atomic E-state index is 8.73. The smallest absolute Gasteiger partial charge is 0.0991 e. The van der Waals surface area contributed by atoms with Crippen LogP contribution in [-0.4, -0.2) is 12.6 Å². The van der Waals surface area contributed by atoms with Crippen molar-refractivity contribution in [3.05, 3.63) is 41.5 Å². The zero-order chi connectivity index (χ0) is 10.5. The monoisotopic (exact) mass is 198 g/mol. The molecule has 1 saturated carbocycles. The number of nitriles is 1. The lowest BCUT2D eigenvalue weighted by Gasteiger charge is -1.96. The molecule has 2 nitrogen and oxygen atoms in total. The third kappa shape index (κ3) is 3.23. The number of nitrogens with one attached hydrogen (secondary N) is 1. The van der Waals surface area contributed by atoms with Crippen molar-refractivity contribution in [3.8, 4) is 6.07 Å². The van der Waals surface area contributed by atoms with Gasteiger partial charge in [0.15, 0.2) is 0 Å². The second kappa shape index (κ2) is 4.77. The van der Waals surface area contributed by atoms with Gasteiger partial charge in [0.05, 0.1) is 11.6 Å². The maximum absolute atomic E-state index is 8.73. The van der Waals surface area contributed by atoms with Crippen LogP contribution in [0.15, 0.2) is 30.3 Å². The highest BCUT2D eigenvalue weighted by molar-refractivity contribution is 5.52. The van der Waals surface area contributed by atoms with Crippen molar-refractivity contribution in [1.82, 2.24) is 5.32 Å². The van der Waals surface area contributed by atoms with Crippen LogP contribution in [0.1, 0.15) is 24.0 Å². The van der Waals surface area contributed by atoms with Crippen LogP contribution < -0.4 is 5.32 Å². The molecular weight excluding hydrogens is 184 g/mol. The summed E-state index contributed by atoms with van der Waals surface area (Å²) in [6.45, 7) is 0.918. The van der Waals surface area contributed by atoms with E-state index in [1.54, 1.807) is 0 Å². The van der Waals surface area contributed by atoms with E-state index in [0.717, 1.165) is 18.2 Å². The predicted octanol–water partition coefficient (Wildman–Crippen LogP) is 2.32. The molecule has 0 aromatic heterocycles. The number of hydrogen-bond donors (Lipinski definition) is 1. The van der Waals surface area contributed by atoms with Crippen molar-refractivity contribution in [2.75, 3.05) is 6.54 Å². The molecule has 0 bridgehead atoms. The average molecular weight is 198 g/mol. The largest absolute Gasteiger partial charge is 0.311 e. The summed E-state index contributed by atoms with van der Waals surface area (Å²) < 4.78 is 0. The van der Waals surface area contributed by atoms with Crippen LogP contribution in [-0.2, 0) is 0 Å². The van der Waals surface area contributed by atoms with Gasteiger partial charge >= 0.3 is 0 Å². The van der Waals surface area contributed by atoms with Crippen molar-refractivity contribution in [1.29, 1.82) is 5.26 Å². The van der Waals surface area contributed by atoms with Gasteiger partial charge in [-0.15, -0.1) is 0 Å². The standard InChI is InChI=1S/C13H14N2/c14-10-12-4-1-3-11(9-12)5-2-8-15-13-6-7-13/h1-5,9,13,15H,6-8H2. The SMILES string of the molecule is N#Cc1cccc(C=CCNC2CC2)c1. The highest BCUT2D eigenvalue weighted by atomic mass is 14.9. The highest BCUT2D eigenvalue weighted by Gasteiger charge is 2.18. The summed E-state index contributed by atoms with van der Waals surface area (Å²) in [5.41, 5.74) is 1.80. The first-order chi connectivity index (χ1) is 7.38. The fourth-order valence-corrected chi connectivity index (χ4v) is 1.43. The number of nitrogens with zero attached hydrogens (tertiary/aromatic N) is 1. The van der Waals surface area contributed by atoms with Crippen LogP contribution >= 0.6 is 0 Å². The van der Waals surface area contributed by atoms with E-state index in [9.17, 15) is 0 Å². The topological polar surface area (TPSA) is 35.8 Å². The van der Waals surface area contributed by atoms with Gasteiger partial charge in [-0.3, -0.25) is 0 Å². The van der Waals surface area contributed by atoms with Crippen molar-refractivity contribution in [2.45, 2.75) is 18.9 Å². The Morgan fingerprint density at radius 3 is 3.07 bits per heavy atom. The molecule has 1 fully saturated rings. The van der Waals surface area contributed by atoms with Gasteiger partial charge in [-0.25, -0.2) is 0 Å². The lowest BCUT2D eigenvalue weighted by Crippen LogP contribution is -2.15. The van der Waals surface area contributed by atoms with E-state index in [4.69, 9.17) is 5.26 Å². The summed E-state index contributed by atoms with van der Waals surface area (Å²) >= 11 is 0. The van der Waals surface area contributed by atoms with Crippen LogP contribution in [0.3, 0.4) is 0 Å². The molecular formula is C13H14N2. The van der Waals surface area contributed by atoms with Crippen molar-refractivity contribution in [2.24, 2.45) is 0 Å². The molecule has 15 heavy (non-hydrogen) atoms. The summed E-state index contributed by atoms with van der Waals surface area (Å²) in [6.07, 6.45) is 6.79. The molecule has 0 heterocycles. The van der Waals surface area contributed by atoms with E-state index in [2.05, 4.69) is 23.5 Å². The van der Waals surface area contributed by atoms with Crippen LogP contribution in [0.25, 0.3) is 6.08 Å².